The van der Waals surface area contributed by atoms with Crippen molar-refractivity contribution in [2.24, 2.45) is 11.7 Å². The van der Waals surface area contributed by atoms with Crippen molar-refractivity contribution < 1.29 is 4.79 Å². The molecule has 0 radical (unpaired) electrons. The largest absolute Gasteiger partial charge is 0.369 e. The zero-order chi connectivity index (χ0) is 11.8. The highest BCUT2D eigenvalue weighted by Crippen LogP contribution is 2.46. The van der Waals surface area contributed by atoms with Crippen molar-refractivity contribution in [3.63, 3.8) is 0 Å². The van der Waals surface area contributed by atoms with Gasteiger partial charge in [0.15, 0.2) is 0 Å². The first-order valence-electron chi connectivity index (χ1n) is 5.68. The van der Waals surface area contributed by atoms with Gasteiger partial charge in [0.1, 0.15) is 0 Å². The topological polar surface area (TPSA) is 43.1 Å². The number of allylic oxidation sites excluding steroid dienone is 1. The molecule has 0 fully saturated rings. The molecule has 0 bridgehead atoms. The van der Waals surface area contributed by atoms with Gasteiger partial charge < -0.3 is 5.73 Å². The van der Waals surface area contributed by atoms with Crippen molar-refractivity contribution in [3.05, 3.63) is 47.0 Å². The molecule has 1 aliphatic heterocycles. The van der Waals surface area contributed by atoms with E-state index < -0.39 is 0 Å². The van der Waals surface area contributed by atoms with E-state index in [-0.39, 0.29) is 11.8 Å². The van der Waals surface area contributed by atoms with Gasteiger partial charge >= 0.3 is 0 Å². The molecule has 1 aliphatic carbocycles. The molecule has 3 heteroatoms. The molecule has 1 atom stereocenters. The third kappa shape index (κ3) is 1.71. The monoisotopic (exact) mass is 243 g/mol. The SMILES string of the molecule is NC(=O)C1CSC2=C1CC=Cc1ccccc12. The molecule has 0 spiro atoms. The van der Waals surface area contributed by atoms with Crippen molar-refractivity contribution in [2.45, 2.75) is 6.42 Å². The lowest BCUT2D eigenvalue weighted by atomic mass is 9.96. The summed E-state index contributed by atoms with van der Waals surface area (Å²) < 4.78 is 0. The molecule has 86 valence electrons. The van der Waals surface area contributed by atoms with E-state index >= 15 is 0 Å². The van der Waals surface area contributed by atoms with Crippen molar-refractivity contribution in [3.8, 4) is 0 Å². The Hall–Kier alpha value is -1.48. The zero-order valence-electron chi connectivity index (χ0n) is 9.35. The molecule has 3 rings (SSSR count). The number of carbonyl (C=O) groups is 1. The maximum absolute atomic E-state index is 11.4. The summed E-state index contributed by atoms with van der Waals surface area (Å²) in [5.74, 6) is 0.503. The number of fused-ring (bicyclic) bond motifs is 2. The maximum Gasteiger partial charge on any atom is 0.225 e. The highest BCUT2D eigenvalue weighted by molar-refractivity contribution is 8.08. The van der Waals surface area contributed by atoms with E-state index in [0.29, 0.717) is 0 Å². The van der Waals surface area contributed by atoms with Crippen LogP contribution >= 0.6 is 11.8 Å². The zero-order valence-corrected chi connectivity index (χ0v) is 10.2. The molecular weight excluding hydrogens is 230 g/mol. The van der Waals surface area contributed by atoms with Gasteiger partial charge in [0, 0.05) is 10.7 Å². The Morgan fingerprint density at radius 3 is 3.00 bits per heavy atom. The molecule has 0 aromatic heterocycles. The molecule has 1 aromatic rings. The van der Waals surface area contributed by atoms with Gasteiger partial charge in [-0.2, -0.15) is 0 Å². The van der Waals surface area contributed by atoms with Crippen molar-refractivity contribution >= 4 is 28.7 Å². The summed E-state index contributed by atoms with van der Waals surface area (Å²) in [7, 11) is 0. The molecule has 2 N–H and O–H groups in total. The van der Waals surface area contributed by atoms with E-state index in [4.69, 9.17) is 5.73 Å². The van der Waals surface area contributed by atoms with Gasteiger partial charge in [0.2, 0.25) is 5.91 Å². The number of carbonyl (C=O) groups excluding carboxylic acids is 1. The Morgan fingerprint density at radius 2 is 2.18 bits per heavy atom. The Kier molecular flexibility index (Phi) is 2.56. The van der Waals surface area contributed by atoms with E-state index in [0.717, 1.165) is 12.2 Å². The standard InChI is InChI=1S/C14H13NOS/c15-14(16)12-8-17-13-10-6-2-1-4-9(10)5-3-7-11(12)13/h1-6,12H,7-8H2,(H2,15,16). The lowest BCUT2D eigenvalue weighted by Crippen LogP contribution is -2.24. The van der Waals surface area contributed by atoms with Crippen LogP contribution in [0.2, 0.25) is 0 Å². The molecule has 1 amide bonds. The Bertz CT molecular complexity index is 545. The van der Waals surface area contributed by atoms with Crippen LogP contribution in [0.3, 0.4) is 0 Å². The third-order valence-corrected chi connectivity index (χ3v) is 4.56. The van der Waals surface area contributed by atoms with E-state index in [1.165, 1.54) is 21.6 Å². The molecule has 17 heavy (non-hydrogen) atoms. The highest BCUT2D eigenvalue weighted by Gasteiger charge is 2.31. The fourth-order valence-electron chi connectivity index (χ4n) is 2.42. The van der Waals surface area contributed by atoms with Crippen LogP contribution in [0.1, 0.15) is 17.5 Å². The normalized spacial score (nSPS) is 22.0. The Morgan fingerprint density at radius 1 is 1.35 bits per heavy atom. The fraction of sp³-hybridized carbons (Fsp3) is 0.214. The number of hydrogen-bond acceptors (Lipinski definition) is 2. The third-order valence-electron chi connectivity index (χ3n) is 3.29. The number of nitrogens with two attached hydrogens (primary N) is 1. The quantitative estimate of drug-likeness (QED) is 0.824. The van der Waals surface area contributed by atoms with Crippen LogP contribution in [-0.2, 0) is 4.79 Å². The molecule has 0 saturated heterocycles. The van der Waals surface area contributed by atoms with E-state index in [2.05, 4.69) is 24.3 Å². The van der Waals surface area contributed by atoms with Crippen molar-refractivity contribution in [2.75, 3.05) is 5.75 Å². The van der Waals surface area contributed by atoms with Crippen LogP contribution in [0, 0.1) is 5.92 Å². The second-order valence-electron chi connectivity index (χ2n) is 4.31. The fourth-order valence-corrected chi connectivity index (χ4v) is 3.87. The smallest absolute Gasteiger partial charge is 0.225 e. The summed E-state index contributed by atoms with van der Waals surface area (Å²) in [5, 5.41) is 0. The minimum Gasteiger partial charge on any atom is -0.369 e. The number of amides is 1. The first-order valence-corrected chi connectivity index (χ1v) is 6.67. The maximum atomic E-state index is 11.4. The highest BCUT2D eigenvalue weighted by atomic mass is 32.2. The van der Waals surface area contributed by atoms with Crippen LogP contribution in [0.4, 0.5) is 0 Å². The van der Waals surface area contributed by atoms with E-state index in [1.807, 2.05) is 12.1 Å². The molecular formula is C14H13NOS. The van der Waals surface area contributed by atoms with Gasteiger partial charge in [-0.15, -0.1) is 11.8 Å². The second kappa shape index (κ2) is 4.08. The summed E-state index contributed by atoms with van der Waals surface area (Å²) >= 11 is 1.76. The number of benzene rings is 1. The number of rotatable bonds is 1. The summed E-state index contributed by atoms with van der Waals surface area (Å²) in [5.41, 5.74) is 9.14. The van der Waals surface area contributed by atoms with Crippen molar-refractivity contribution in [1.82, 2.24) is 0 Å². The lowest BCUT2D eigenvalue weighted by Gasteiger charge is -2.08. The minimum atomic E-state index is -0.199. The minimum absolute atomic E-state index is 0.0918. The van der Waals surface area contributed by atoms with Crippen LogP contribution in [0.15, 0.2) is 35.9 Å². The van der Waals surface area contributed by atoms with Gasteiger partial charge in [-0.25, -0.2) is 0 Å². The Balaban J connectivity index is 2.15. The van der Waals surface area contributed by atoms with Gasteiger partial charge in [0.25, 0.3) is 0 Å². The van der Waals surface area contributed by atoms with Crippen LogP contribution in [-0.4, -0.2) is 11.7 Å². The van der Waals surface area contributed by atoms with Crippen LogP contribution < -0.4 is 5.73 Å². The average molecular weight is 243 g/mol. The summed E-state index contributed by atoms with van der Waals surface area (Å²) in [4.78, 5) is 12.7. The van der Waals surface area contributed by atoms with Gasteiger partial charge in [0.05, 0.1) is 5.92 Å². The first kappa shape index (κ1) is 10.7. The van der Waals surface area contributed by atoms with Crippen molar-refractivity contribution in [1.29, 1.82) is 0 Å². The summed E-state index contributed by atoms with van der Waals surface area (Å²) in [6.45, 7) is 0. The predicted molar refractivity (Wildman–Crippen MR) is 72.2 cm³/mol. The number of thioether (sulfide) groups is 1. The molecule has 2 aliphatic rings. The summed E-state index contributed by atoms with van der Waals surface area (Å²) in [6.07, 6.45) is 5.10. The van der Waals surface area contributed by atoms with E-state index in [9.17, 15) is 4.79 Å². The molecule has 2 nitrogen and oxygen atoms in total. The summed E-state index contributed by atoms with van der Waals surface area (Å²) in [6, 6.07) is 8.32. The molecule has 0 saturated carbocycles. The van der Waals surface area contributed by atoms with Gasteiger partial charge in [-0.3, -0.25) is 4.79 Å². The number of primary amides is 1. The molecule has 1 unspecified atom stereocenters. The molecule has 1 aromatic carbocycles. The second-order valence-corrected chi connectivity index (χ2v) is 5.34. The van der Waals surface area contributed by atoms with Gasteiger partial charge in [-0.05, 0) is 23.1 Å². The van der Waals surface area contributed by atoms with Crippen LogP contribution in [0.5, 0.6) is 0 Å². The number of hydrogen-bond donors (Lipinski definition) is 1. The van der Waals surface area contributed by atoms with Gasteiger partial charge in [-0.1, -0.05) is 36.4 Å². The predicted octanol–water partition coefficient (Wildman–Crippen LogP) is 2.66. The first-order chi connectivity index (χ1) is 8.27. The lowest BCUT2D eigenvalue weighted by molar-refractivity contribution is -0.120. The van der Waals surface area contributed by atoms with E-state index in [1.54, 1.807) is 11.8 Å². The molecule has 1 heterocycles. The average Bonchev–Trinajstić information content (AvgIpc) is 2.66. The van der Waals surface area contributed by atoms with Crippen LogP contribution in [0.25, 0.3) is 11.0 Å². The Labute approximate surface area is 105 Å².